The number of aromatic amines is 1. The summed E-state index contributed by atoms with van der Waals surface area (Å²) < 4.78 is 7.90. The Hall–Kier alpha value is -2.40. The third-order valence-corrected chi connectivity index (χ3v) is 4.93. The molecule has 122 valence electrons. The molecule has 1 saturated carbocycles. The number of hydrogen-bond donors (Lipinski definition) is 1. The van der Waals surface area contributed by atoms with Crippen LogP contribution in [0.25, 0.3) is 5.69 Å². The van der Waals surface area contributed by atoms with Crippen LogP contribution in [0.2, 0.25) is 0 Å². The molecule has 4 nitrogen and oxygen atoms in total. The number of aryl methyl sites for hydroxylation is 1. The van der Waals surface area contributed by atoms with Crippen LogP contribution in [0.15, 0.2) is 48.5 Å². The first kappa shape index (κ1) is 15.1. The van der Waals surface area contributed by atoms with Gasteiger partial charge >= 0.3 is 0 Å². The van der Waals surface area contributed by atoms with Crippen LogP contribution in [-0.4, -0.2) is 21.9 Å². The Kier molecular flexibility index (Phi) is 3.73. The highest BCUT2D eigenvalue weighted by molar-refractivity contribution is 7.71. The van der Waals surface area contributed by atoms with Crippen molar-refractivity contribution in [3.05, 3.63) is 70.3 Å². The van der Waals surface area contributed by atoms with E-state index in [1.807, 2.05) is 28.8 Å². The summed E-state index contributed by atoms with van der Waals surface area (Å²) in [5, 5.41) is 7.46. The zero-order valence-electron chi connectivity index (χ0n) is 13.7. The summed E-state index contributed by atoms with van der Waals surface area (Å²) in [6.45, 7) is 2.11. The molecule has 5 heteroatoms. The van der Waals surface area contributed by atoms with Crippen molar-refractivity contribution >= 4 is 12.2 Å². The van der Waals surface area contributed by atoms with E-state index in [4.69, 9.17) is 17.0 Å². The van der Waals surface area contributed by atoms with Crippen LogP contribution in [0.4, 0.5) is 0 Å². The van der Waals surface area contributed by atoms with E-state index in [2.05, 4.69) is 41.4 Å². The number of methoxy groups -OCH3 is 1. The molecular formula is C19H19N3OS. The first-order valence-corrected chi connectivity index (χ1v) is 8.46. The molecule has 4 rings (SSSR count). The topological polar surface area (TPSA) is 42.8 Å². The van der Waals surface area contributed by atoms with Crippen LogP contribution in [-0.2, 0) is 0 Å². The average molecular weight is 337 g/mol. The van der Waals surface area contributed by atoms with Crippen molar-refractivity contribution in [3.8, 4) is 11.4 Å². The Morgan fingerprint density at radius 2 is 1.79 bits per heavy atom. The molecule has 0 bridgehead atoms. The van der Waals surface area contributed by atoms with Crippen LogP contribution < -0.4 is 4.74 Å². The van der Waals surface area contributed by atoms with Crippen LogP contribution in [0.5, 0.6) is 5.75 Å². The Bertz CT molecular complexity index is 909. The van der Waals surface area contributed by atoms with Gasteiger partial charge in [-0.1, -0.05) is 29.8 Å². The lowest BCUT2D eigenvalue weighted by atomic mass is 10.1. The molecule has 0 saturated heterocycles. The van der Waals surface area contributed by atoms with E-state index in [9.17, 15) is 0 Å². The SMILES string of the molecule is COc1ccc(-n2c([C@H]3C[C@@H]3c3ccc(C)cc3)n[nH]c2=S)cc1. The maximum Gasteiger partial charge on any atom is 0.199 e. The largest absolute Gasteiger partial charge is 0.497 e. The predicted octanol–water partition coefficient (Wildman–Crippen LogP) is 4.52. The fourth-order valence-electron chi connectivity index (χ4n) is 3.20. The van der Waals surface area contributed by atoms with Gasteiger partial charge in [0.1, 0.15) is 11.6 Å². The molecule has 1 aromatic heterocycles. The zero-order valence-corrected chi connectivity index (χ0v) is 14.5. The number of nitrogens with one attached hydrogen (secondary N) is 1. The van der Waals surface area contributed by atoms with Gasteiger partial charge in [0.15, 0.2) is 4.77 Å². The van der Waals surface area contributed by atoms with Crippen molar-refractivity contribution in [1.82, 2.24) is 14.8 Å². The highest BCUT2D eigenvalue weighted by Crippen LogP contribution is 2.54. The molecule has 0 radical (unpaired) electrons. The maximum atomic E-state index is 5.45. The van der Waals surface area contributed by atoms with Gasteiger partial charge in [-0.15, -0.1) is 0 Å². The molecule has 24 heavy (non-hydrogen) atoms. The molecule has 1 aliphatic carbocycles. The second-order valence-corrected chi connectivity index (χ2v) is 6.67. The van der Waals surface area contributed by atoms with Gasteiger partial charge in [0.2, 0.25) is 0 Å². The number of nitrogens with zero attached hydrogens (tertiary/aromatic N) is 2. The fourth-order valence-corrected chi connectivity index (χ4v) is 3.45. The van der Waals surface area contributed by atoms with Gasteiger partial charge in [-0.25, -0.2) is 0 Å². The van der Waals surface area contributed by atoms with Gasteiger partial charge in [0, 0.05) is 11.6 Å². The summed E-state index contributed by atoms with van der Waals surface area (Å²) >= 11 is 5.45. The molecule has 3 aromatic rings. The minimum atomic E-state index is 0.405. The first-order valence-electron chi connectivity index (χ1n) is 8.05. The number of aromatic nitrogens is 3. The molecule has 2 aromatic carbocycles. The molecule has 0 spiro atoms. The van der Waals surface area contributed by atoms with Crippen LogP contribution >= 0.6 is 12.2 Å². The number of benzene rings is 2. The lowest BCUT2D eigenvalue weighted by Gasteiger charge is -2.08. The van der Waals surface area contributed by atoms with Crippen molar-refractivity contribution in [3.63, 3.8) is 0 Å². The first-order chi connectivity index (χ1) is 11.7. The highest BCUT2D eigenvalue weighted by Gasteiger charge is 2.43. The molecule has 2 atom stereocenters. The standard InChI is InChI=1S/C19H19N3OS/c1-12-3-5-13(6-4-12)16-11-17(16)18-20-21-19(24)22(18)14-7-9-15(23-2)10-8-14/h3-10,16-17H,11H2,1-2H3,(H,21,24)/t16-,17+/m1/s1. The number of hydrogen-bond acceptors (Lipinski definition) is 3. The van der Waals surface area contributed by atoms with Crippen LogP contribution in [0, 0.1) is 11.7 Å². The number of rotatable bonds is 4. The van der Waals surface area contributed by atoms with E-state index in [1.54, 1.807) is 7.11 Å². The number of H-pyrrole nitrogens is 1. The van der Waals surface area contributed by atoms with Crippen LogP contribution in [0.3, 0.4) is 0 Å². The average Bonchev–Trinajstić information content (AvgIpc) is 3.31. The lowest BCUT2D eigenvalue weighted by Crippen LogP contribution is -2.01. The molecular weight excluding hydrogens is 318 g/mol. The van der Waals surface area contributed by atoms with Gasteiger partial charge < -0.3 is 4.74 Å². The van der Waals surface area contributed by atoms with Crippen molar-refractivity contribution in [2.24, 2.45) is 0 Å². The molecule has 1 N–H and O–H groups in total. The highest BCUT2D eigenvalue weighted by atomic mass is 32.1. The second-order valence-electron chi connectivity index (χ2n) is 6.28. The van der Waals surface area contributed by atoms with E-state index in [0.717, 1.165) is 23.7 Å². The minimum absolute atomic E-state index is 0.405. The van der Waals surface area contributed by atoms with Crippen molar-refractivity contribution < 1.29 is 4.74 Å². The molecule has 1 fully saturated rings. The summed E-state index contributed by atoms with van der Waals surface area (Å²) in [6, 6.07) is 16.7. The number of ether oxygens (including phenoxy) is 1. The molecule has 0 aliphatic heterocycles. The van der Waals surface area contributed by atoms with Gasteiger partial charge in [-0.3, -0.25) is 9.67 Å². The zero-order chi connectivity index (χ0) is 16.7. The Balaban J connectivity index is 1.66. The summed E-state index contributed by atoms with van der Waals surface area (Å²) in [6.07, 6.45) is 1.11. The summed E-state index contributed by atoms with van der Waals surface area (Å²) in [4.78, 5) is 0. The molecule has 0 unspecified atom stereocenters. The minimum Gasteiger partial charge on any atom is -0.497 e. The summed E-state index contributed by atoms with van der Waals surface area (Å²) in [5.41, 5.74) is 3.68. The lowest BCUT2D eigenvalue weighted by molar-refractivity contribution is 0.414. The van der Waals surface area contributed by atoms with E-state index in [0.29, 0.717) is 16.6 Å². The second kappa shape index (κ2) is 5.91. The van der Waals surface area contributed by atoms with Crippen molar-refractivity contribution in [2.45, 2.75) is 25.2 Å². The summed E-state index contributed by atoms with van der Waals surface area (Å²) in [5.74, 6) is 2.77. The predicted molar refractivity (Wildman–Crippen MR) is 96.6 cm³/mol. The van der Waals surface area contributed by atoms with Gasteiger partial charge in [-0.05, 0) is 61.3 Å². The van der Waals surface area contributed by atoms with Gasteiger partial charge in [-0.2, -0.15) is 5.10 Å². The van der Waals surface area contributed by atoms with Gasteiger partial charge in [0.25, 0.3) is 0 Å². The fraction of sp³-hybridized carbons (Fsp3) is 0.263. The van der Waals surface area contributed by atoms with Crippen LogP contribution in [0.1, 0.15) is 35.2 Å². The van der Waals surface area contributed by atoms with Crippen molar-refractivity contribution in [1.29, 1.82) is 0 Å². The van der Waals surface area contributed by atoms with Crippen molar-refractivity contribution in [2.75, 3.05) is 7.11 Å². The third kappa shape index (κ3) is 2.65. The Morgan fingerprint density at radius 1 is 1.08 bits per heavy atom. The van der Waals surface area contributed by atoms with E-state index < -0.39 is 0 Å². The monoisotopic (exact) mass is 337 g/mol. The summed E-state index contributed by atoms with van der Waals surface area (Å²) in [7, 11) is 1.67. The Labute approximate surface area is 146 Å². The molecule has 1 heterocycles. The molecule has 0 amide bonds. The normalized spacial score (nSPS) is 19.2. The van der Waals surface area contributed by atoms with E-state index in [-0.39, 0.29) is 0 Å². The Morgan fingerprint density at radius 3 is 2.46 bits per heavy atom. The van der Waals surface area contributed by atoms with Gasteiger partial charge in [0.05, 0.1) is 7.11 Å². The smallest absolute Gasteiger partial charge is 0.199 e. The van der Waals surface area contributed by atoms with E-state index >= 15 is 0 Å². The quantitative estimate of drug-likeness (QED) is 0.712. The van der Waals surface area contributed by atoms with E-state index in [1.165, 1.54) is 11.1 Å². The third-order valence-electron chi connectivity index (χ3n) is 4.66. The maximum absolute atomic E-state index is 5.45. The molecule has 1 aliphatic rings.